The van der Waals surface area contributed by atoms with Crippen LogP contribution in [0.25, 0.3) is 0 Å². The van der Waals surface area contributed by atoms with Crippen LogP contribution in [0.15, 0.2) is 4.52 Å². The minimum Gasteiger partial charge on any atom is -0.464 e. The van der Waals surface area contributed by atoms with Crippen LogP contribution in [-0.2, 0) is 19.8 Å². The third-order valence-corrected chi connectivity index (χ3v) is 4.15. The number of ether oxygens (including phenoxy) is 2. The Labute approximate surface area is 137 Å². The van der Waals surface area contributed by atoms with Gasteiger partial charge in [0, 0.05) is 13.5 Å². The van der Waals surface area contributed by atoms with E-state index in [2.05, 4.69) is 15.5 Å². The van der Waals surface area contributed by atoms with Gasteiger partial charge in [-0.1, -0.05) is 30.8 Å². The van der Waals surface area contributed by atoms with E-state index in [9.17, 15) is 4.79 Å². The lowest BCUT2D eigenvalue weighted by atomic mass is 9.89. The van der Waals surface area contributed by atoms with Crippen molar-refractivity contribution in [3.05, 3.63) is 11.7 Å². The second-order valence-electron chi connectivity index (χ2n) is 5.92. The van der Waals surface area contributed by atoms with Crippen LogP contribution in [0.1, 0.15) is 57.2 Å². The Morgan fingerprint density at radius 1 is 1.30 bits per heavy atom. The number of carbonyl (C=O) groups excluding carboxylic acids is 1. The summed E-state index contributed by atoms with van der Waals surface area (Å²) >= 11 is 0. The van der Waals surface area contributed by atoms with Gasteiger partial charge in [0.15, 0.2) is 5.82 Å². The number of aromatic nitrogens is 2. The fraction of sp³-hybridized carbons (Fsp3) is 0.812. The third kappa shape index (κ3) is 5.28. The van der Waals surface area contributed by atoms with Crippen LogP contribution < -0.4 is 5.32 Å². The summed E-state index contributed by atoms with van der Waals surface area (Å²) in [5.41, 5.74) is -0.248. The summed E-state index contributed by atoms with van der Waals surface area (Å²) in [5, 5.41) is 7.69. The summed E-state index contributed by atoms with van der Waals surface area (Å²) in [4.78, 5) is 15.7. The fourth-order valence-electron chi connectivity index (χ4n) is 3.03. The second kappa shape index (κ2) is 8.98. The first-order valence-corrected chi connectivity index (χ1v) is 8.45. The summed E-state index contributed by atoms with van der Waals surface area (Å²) in [6, 6.07) is 0. The van der Waals surface area contributed by atoms with E-state index in [0.717, 1.165) is 31.5 Å². The maximum atomic E-state index is 11.2. The Balaban J connectivity index is 1.87. The van der Waals surface area contributed by atoms with Crippen LogP contribution in [0, 0.1) is 6.92 Å². The van der Waals surface area contributed by atoms with Gasteiger partial charge in [0.1, 0.15) is 6.61 Å². The molecule has 1 aliphatic rings. The van der Waals surface area contributed by atoms with Gasteiger partial charge in [-0.3, -0.25) is 0 Å². The number of rotatable bonds is 8. The molecule has 0 amide bonds. The molecule has 0 saturated heterocycles. The zero-order valence-electron chi connectivity index (χ0n) is 14.1. The lowest BCUT2D eigenvalue weighted by molar-refractivity contribution is -0.148. The summed E-state index contributed by atoms with van der Waals surface area (Å²) in [6.45, 7) is 5.03. The maximum absolute atomic E-state index is 11.2. The quantitative estimate of drug-likeness (QED) is 0.445. The third-order valence-electron chi connectivity index (χ3n) is 4.15. The van der Waals surface area contributed by atoms with E-state index in [-0.39, 0.29) is 18.1 Å². The molecular formula is C16H27N3O4. The van der Waals surface area contributed by atoms with Crippen LogP contribution in [0.2, 0.25) is 0 Å². The number of hydrogen-bond acceptors (Lipinski definition) is 7. The molecule has 0 radical (unpaired) electrons. The highest BCUT2D eigenvalue weighted by Crippen LogP contribution is 2.34. The Morgan fingerprint density at radius 3 is 2.65 bits per heavy atom. The molecule has 1 saturated carbocycles. The summed E-state index contributed by atoms with van der Waals surface area (Å²) in [7, 11) is 0. The monoisotopic (exact) mass is 325 g/mol. The SMILES string of the molecule is CCOC(=O)COCCNC1(c2noc(C)n2)CCCCCC1. The molecule has 7 heteroatoms. The lowest BCUT2D eigenvalue weighted by Gasteiger charge is -2.30. The van der Waals surface area contributed by atoms with Crippen molar-refractivity contribution in [2.24, 2.45) is 0 Å². The van der Waals surface area contributed by atoms with Gasteiger partial charge in [0.2, 0.25) is 5.89 Å². The van der Waals surface area contributed by atoms with E-state index >= 15 is 0 Å². The zero-order valence-corrected chi connectivity index (χ0v) is 14.1. The molecule has 7 nitrogen and oxygen atoms in total. The molecule has 0 bridgehead atoms. The molecule has 23 heavy (non-hydrogen) atoms. The molecule has 1 fully saturated rings. The molecule has 0 atom stereocenters. The topological polar surface area (TPSA) is 86.5 Å². The summed E-state index contributed by atoms with van der Waals surface area (Å²) < 4.78 is 15.4. The van der Waals surface area contributed by atoms with Gasteiger partial charge >= 0.3 is 5.97 Å². The second-order valence-corrected chi connectivity index (χ2v) is 5.92. The van der Waals surface area contributed by atoms with E-state index in [1.807, 2.05) is 6.92 Å². The highest BCUT2D eigenvalue weighted by Gasteiger charge is 2.36. The zero-order chi connectivity index (χ0) is 16.5. The number of aryl methyl sites for hydroxylation is 1. The van der Waals surface area contributed by atoms with Crippen LogP contribution in [-0.4, -0.2) is 42.5 Å². The molecule has 1 aromatic rings. The van der Waals surface area contributed by atoms with E-state index in [4.69, 9.17) is 14.0 Å². The largest absolute Gasteiger partial charge is 0.464 e. The Bertz CT molecular complexity index is 481. The molecule has 0 aliphatic heterocycles. The Kier molecular flexibility index (Phi) is 6.98. The smallest absolute Gasteiger partial charge is 0.332 e. The van der Waals surface area contributed by atoms with Crippen molar-refractivity contribution in [1.82, 2.24) is 15.5 Å². The minimum absolute atomic E-state index is 0.0101. The number of esters is 1. The molecule has 130 valence electrons. The van der Waals surface area contributed by atoms with Crippen molar-refractivity contribution in [1.29, 1.82) is 0 Å². The molecule has 1 N–H and O–H groups in total. The highest BCUT2D eigenvalue weighted by molar-refractivity contribution is 5.70. The Morgan fingerprint density at radius 2 is 2.04 bits per heavy atom. The predicted octanol–water partition coefficient (Wildman–Crippen LogP) is 2.10. The van der Waals surface area contributed by atoms with Crippen molar-refractivity contribution in [2.45, 2.75) is 57.9 Å². The van der Waals surface area contributed by atoms with Crippen LogP contribution in [0.5, 0.6) is 0 Å². The van der Waals surface area contributed by atoms with Gasteiger partial charge in [-0.2, -0.15) is 4.98 Å². The molecule has 0 aromatic carbocycles. The van der Waals surface area contributed by atoms with Gasteiger partial charge < -0.3 is 19.3 Å². The summed E-state index contributed by atoms with van der Waals surface area (Å²) in [5.74, 6) is 0.997. The number of hydrogen-bond donors (Lipinski definition) is 1. The summed E-state index contributed by atoms with van der Waals surface area (Å²) in [6.07, 6.45) is 6.74. The minimum atomic E-state index is -0.328. The normalized spacial score (nSPS) is 17.7. The standard InChI is InChI=1S/C16H27N3O4/c1-3-22-14(20)12-21-11-10-17-16(8-6-4-5-7-9-16)15-18-13(2)23-19-15/h17H,3-12H2,1-2H3. The van der Waals surface area contributed by atoms with Gasteiger partial charge in [-0.15, -0.1) is 0 Å². The first-order valence-electron chi connectivity index (χ1n) is 8.45. The number of carbonyl (C=O) groups is 1. The van der Waals surface area contributed by atoms with Crippen molar-refractivity contribution >= 4 is 5.97 Å². The first kappa shape index (κ1) is 17.9. The van der Waals surface area contributed by atoms with E-state index in [1.165, 1.54) is 12.8 Å². The average Bonchev–Trinajstić information content (AvgIpc) is 2.83. The van der Waals surface area contributed by atoms with E-state index in [1.54, 1.807) is 6.92 Å². The van der Waals surface area contributed by atoms with E-state index < -0.39 is 0 Å². The molecule has 1 aromatic heterocycles. The van der Waals surface area contributed by atoms with Crippen molar-refractivity contribution in [3.8, 4) is 0 Å². The Hall–Kier alpha value is -1.47. The lowest BCUT2D eigenvalue weighted by Crippen LogP contribution is -2.44. The molecule has 0 spiro atoms. The van der Waals surface area contributed by atoms with Gasteiger partial charge in [-0.25, -0.2) is 4.79 Å². The number of nitrogens with one attached hydrogen (secondary N) is 1. The first-order chi connectivity index (χ1) is 11.2. The average molecular weight is 325 g/mol. The molecule has 1 aliphatic carbocycles. The molecule has 0 unspecified atom stereocenters. The van der Waals surface area contributed by atoms with Crippen LogP contribution in [0.4, 0.5) is 0 Å². The van der Waals surface area contributed by atoms with Gasteiger partial charge in [0.25, 0.3) is 0 Å². The van der Waals surface area contributed by atoms with Crippen LogP contribution >= 0.6 is 0 Å². The maximum Gasteiger partial charge on any atom is 0.332 e. The number of nitrogens with zero attached hydrogens (tertiary/aromatic N) is 2. The van der Waals surface area contributed by atoms with Crippen molar-refractivity contribution in [3.63, 3.8) is 0 Å². The van der Waals surface area contributed by atoms with Gasteiger partial charge in [-0.05, 0) is 19.8 Å². The van der Waals surface area contributed by atoms with E-state index in [0.29, 0.717) is 25.6 Å². The van der Waals surface area contributed by atoms with Gasteiger partial charge in [0.05, 0.1) is 18.8 Å². The fourth-order valence-corrected chi connectivity index (χ4v) is 3.03. The van der Waals surface area contributed by atoms with Crippen molar-refractivity contribution < 1.29 is 18.8 Å². The van der Waals surface area contributed by atoms with Crippen molar-refractivity contribution in [2.75, 3.05) is 26.4 Å². The van der Waals surface area contributed by atoms with Crippen LogP contribution in [0.3, 0.4) is 0 Å². The predicted molar refractivity (Wildman–Crippen MR) is 83.9 cm³/mol. The molecular weight excluding hydrogens is 298 g/mol. The molecule has 1 heterocycles. The molecule has 2 rings (SSSR count). The highest BCUT2D eigenvalue weighted by atomic mass is 16.6.